The largest absolute Gasteiger partial charge is 1.00 e. The lowest BCUT2D eigenvalue weighted by Crippen LogP contribution is -3.00. The summed E-state index contributed by atoms with van der Waals surface area (Å²) in [6, 6.07) is 16.3. The summed E-state index contributed by atoms with van der Waals surface area (Å²) in [5.74, 6) is -0.383. The second-order valence-electron chi connectivity index (χ2n) is 7.09. The van der Waals surface area contributed by atoms with Crippen LogP contribution in [0.5, 0.6) is 0 Å². The van der Waals surface area contributed by atoms with E-state index in [1.165, 1.54) is 0 Å². The second-order valence-corrected chi connectivity index (χ2v) is 7.09. The Balaban J connectivity index is 0.00000240. The minimum Gasteiger partial charge on any atom is -1.00 e. The number of ketones is 1. The van der Waals surface area contributed by atoms with Crippen molar-refractivity contribution in [2.24, 2.45) is 11.7 Å². The van der Waals surface area contributed by atoms with E-state index in [4.69, 9.17) is 10.7 Å². The maximum absolute atomic E-state index is 12.9. The van der Waals surface area contributed by atoms with Crippen LogP contribution in [0, 0.1) is 5.92 Å². The monoisotopic (exact) mass is 408 g/mol. The van der Waals surface area contributed by atoms with Gasteiger partial charge in [0.15, 0.2) is 11.5 Å². The van der Waals surface area contributed by atoms with Crippen molar-refractivity contribution in [1.29, 1.82) is 0 Å². The number of rotatable bonds is 4. The van der Waals surface area contributed by atoms with Gasteiger partial charge in [-0.05, 0) is 32.9 Å². The van der Waals surface area contributed by atoms with Crippen LogP contribution in [0.25, 0.3) is 22.8 Å². The Morgan fingerprint density at radius 1 is 1.10 bits per heavy atom. The fourth-order valence-corrected chi connectivity index (χ4v) is 3.79. The first-order valence-electron chi connectivity index (χ1n) is 9.76. The number of nitrogens with zero attached hydrogens (tertiary/aromatic N) is 3. The third-order valence-electron chi connectivity index (χ3n) is 5.49. The minimum absolute atomic E-state index is 0. The zero-order valence-corrected chi connectivity index (χ0v) is 17.6. The van der Waals surface area contributed by atoms with E-state index in [2.05, 4.69) is 35.4 Å². The predicted octanol–water partition coefficient (Wildman–Crippen LogP) is 0.494. The number of hydrogen-bond donors (Lipinski definition) is 1. The summed E-state index contributed by atoms with van der Waals surface area (Å²) in [7, 11) is 0. The van der Waals surface area contributed by atoms with Crippen molar-refractivity contribution in [2.45, 2.75) is 20.8 Å². The number of hydrogen-bond acceptors (Lipinski definition) is 4. The molecule has 0 radical (unpaired) electrons. The van der Waals surface area contributed by atoms with E-state index in [0.717, 1.165) is 41.2 Å². The van der Waals surface area contributed by atoms with Crippen molar-refractivity contribution in [3.63, 3.8) is 0 Å². The molecule has 1 heterocycles. The molecule has 0 saturated heterocycles. The van der Waals surface area contributed by atoms with Crippen molar-refractivity contribution >= 4 is 28.6 Å². The standard InChI is InChI=1S/C23H24N4O.ClH/c1-4-26(5-2)17-11-12-19-20(13-17)27(16-9-7-6-8-10-16)21-14-18(24)15(3)23(28)22(21)25-19;/h6-15,24H,4-5H2,1-3H3;1H. The molecule has 1 unspecified atom stereocenters. The number of carbonyl (C=O) groups excluding carboxylic acids is 1. The summed E-state index contributed by atoms with van der Waals surface area (Å²) < 4.78 is 2.10. The Morgan fingerprint density at radius 3 is 2.45 bits per heavy atom. The summed E-state index contributed by atoms with van der Waals surface area (Å²) in [6.07, 6.45) is 1.89. The number of Topliss-reactive ketones (excluding diaryl/α,β-unsaturated/α-hetero) is 1. The van der Waals surface area contributed by atoms with E-state index in [0.29, 0.717) is 11.4 Å². The van der Waals surface area contributed by atoms with E-state index in [-0.39, 0.29) is 24.1 Å². The molecule has 1 aliphatic rings. The lowest BCUT2D eigenvalue weighted by Gasteiger charge is -2.21. The summed E-state index contributed by atoms with van der Waals surface area (Å²) in [6.45, 7) is 7.98. The molecule has 2 aromatic carbocycles. The predicted molar refractivity (Wildman–Crippen MR) is 112 cm³/mol. The SMILES string of the molecule is CCN(CC)c1ccc2nc3c([n+](-c4ccccc4)c2c1)C=C(N)C(C)C3=O.[Cl-]. The number of fused-ring (bicyclic) bond motifs is 2. The average molecular weight is 409 g/mol. The fourth-order valence-electron chi connectivity index (χ4n) is 3.79. The number of nitrogens with two attached hydrogens (primary N) is 1. The van der Waals surface area contributed by atoms with Crippen LogP contribution in [0.1, 0.15) is 37.0 Å². The molecule has 4 rings (SSSR count). The Morgan fingerprint density at radius 2 is 1.79 bits per heavy atom. The van der Waals surface area contributed by atoms with Crippen molar-refractivity contribution in [1.82, 2.24) is 4.98 Å². The van der Waals surface area contributed by atoms with Gasteiger partial charge in [-0.3, -0.25) is 4.79 Å². The zero-order chi connectivity index (χ0) is 19.8. The molecule has 0 spiro atoms. The van der Waals surface area contributed by atoms with Crippen LogP contribution in [0.4, 0.5) is 5.69 Å². The highest BCUT2D eigenvalue weighted by atomic mass is 35.5. The maximum atomic E-state index is 12.9. The molecule has 0 saturated carbocycles. The molecule has 0 aliphatic heterocycles. The lowest BCUT2D eigenvalue weighted by atomic mass is 9.92. The molecule has 1 atom stereocenters. The van der Waals surface area contributed by atoms with Crippen LogP contribution in [0.3, 0.4) is 0 Å². The van der Waals surface area contributed by atoms with Crippen LogP contribution >= 0.6 is 0 Å². The van der Waals surface area contributed by atoms with Gasteiger partial charge >= 0.3 is 0 Å². The van der Waals surface area contributed by atoms with E-state index in [1.807, 2.05) is 49.4 Å². The van der Waals surface area contributed by atoms with Crippen LogP contribution < -0.4 is 27.6 Å². The Bertz CT molecular complexity index is 1090. The van der Waals surface area contributed by atoms with E-state index in [1.54, 1.807) is 0 Å². The van der Waals surface area contributed by atoms with Gasteiger partial charge in [0.05, 0.1) is 5.92 Å². The number of carbonyl (C=O) groups is 1. The van der Waals surface area contributed by atoms with Gasteiger partial charge in [-0.15, -0.1) is 4.57 Å². The number of para-hydroxylation sites is 1. The van der Waals surface area contributed by atoms with Gasteiger partial charge in [-0.1, -0.05) is 18.2 Å². The van der Waals surface area contributed by atoms with E-state index >= 15 is 0 Å². The summed E-state index contributed by atoms with van der Waals surface area (Å²) in [5.41, 5.74) is 11.9. The highest BCUT2D eigenvalue weighted by molar-refractivity contribution is 6.03. The lowest BCUT2D eigenvalue weighted by molar-refractivity contribution is -0.570. The summed E-state index contributed by atoms with van der Waals surface area (Å²) >= 11 is 0. The van der Waals surface area contributed by atoms with Gasteiger partial charge in [-0.25, -0.2) is 4.98 Å². The molecular formula is C23H25ClN4O. The molecule has 150 valence electrons. The van der Waals surface area contributed by atoms with Gasteiger partial charge < -0.3 is 23.0 Å². The second kappa shape index (κ2) is 8.21. The van der Waals surface area contributed by atoms with Gasteiger partial charge in [0.1, 0.15) is 5.52 Å². The first-order valence-corrected chi connectivity index (χ1v) is 9.76. The Hall–Kier alpha value is -2.92. The molecule has 1 aromatic heterocycles. The molecular weight excluding hydrogens is 384 g/mol. The van der Waals surface area contributed by atoms with Crippen molar-refractivity contribution in [3.8, 4) is 5.69 Å². The smallest absolute Gasteiger partial charge is 0.243 e. The van der Waals surface area contributed by atoms with Gasteiger partial charge in [0, 0.05) is 48.7 Å². The number of allylic oxidation sites excluding steroid dienone is 1. The molecule has 6 heteroatoms. The average Bonchev–Trinajstić information content (AvgIpc) is 2.72. The first-order chi connectivity index (χ1) is 13.5. The van der Waals surface area contributed by atoms with Crippen molar-refractivity contribution in [3.05, 3.63) is 65.6 Å². The zero-order valence-electron chi connectivity index (χ0n) is 16.9. The molecule has 29 heavy (non-hydrogen) atoms. The normalized spacial score (nSPS) is 15.5. The molecule has 2 N–H and O–H groups in total. The van der Waals surface area contributed by atoms with Crippen LogP contribution in [0.2, 0.25) is 0 Å². The third-order valence-corrected chi connectivity index (χ3v) is 5.49. The molecule has 0 bridgehead atoms. The molecule has 5 nitrogen and oxygen atoms in total. The van der Waals surface area contributed by atoms with Gasteiger partial charge in [0.2, 0.25) is 16.9 Å². The third kappa shape index (κ3) is 3.47. The topological polar surface area (TPSA) is 63.1 Å². The minimum atomic E-state index is -0.350. The molecule has 1 aliphatic carbocycles. The highest BCUT2D eigenvalue weighted by Crippen LogP contribution is 2.27. The summed E-state index contributed by atoms with van der Waals surface area (Å²) in [5, 5.41) is 0. The fraction of sp³-hybridized carbons (Fsp3) is 0.261. The number of aromatic nitrogens is 2. The molecule has 0 fully saturated rings. The maximum Gasteiger partial charge on any atom is 0.243 e. The van der Waals surface area contributed by atoms with Crippen LogP contribution in [0.15, 0.2) is 54.2 Å². The summed E-state index contributed by atoms with van der Waals surface area (Å²) in [4.78, 5) is 19.9. The van der Waals surface area contributed by atoms with Crippen molar-refractivity contribution < 1.29 is 21.8 Å². The van der Waals surface area contributed by atoms with Crippen molar-refractivity contribution in [2.75, 3.05) is 18.0 Å². The van der Waals surface area contributed by atoms with Crippen LogP contribution in [-0.4, -0.2) is 23.9 Å². The number of benzene rings is 2. The number of anilines is 1. The van der Waals surface area contributed by atoms with Gasteiger partial charge in [0.25, 0.3) is 0 Å². The quantitative estimate of drug-likeness (QED) is 0.638. The Kier molecular flexibility index (Phi) is 5.89. The molecule has 3 aromatic rings. The Labute approximate surface area is 177 Å². The highest BCUT2D eigenvalue weighted by Gasteiger charge is 2.34. The van der Waals surface area contributed by atoms with E-state index in [9.17, 15) is 4.79 Å². The van der Waals surface area contributed by atoms with Crippen LogP contribution in [-0.2, 0) is 0 Å². The molecule has 0 amide bonds. The number of halogens is 1. The van der Waals surface area contributed by atoms with Gasteiger partial charge in [-0.2, -0.15) is 0 Å². The van der Waals surface area contributed by atoms with E-state index < -0.39 is 0 Å². The first kappa shape index (κ1) is 20.8.